The van der Waals surface area contributed by atoms with Crippen LogP contribution in [0.15, 0.2) is 42.5 Å². The Bertz CT molecular complexity index is 844. The molecular weight excluding hydrogens is 380 g/mol. The molecule has 3 N–H and O–H groups in total. The summed E-state index contributed by atoms with van der Waals surface area (Å²) in [6.45, 7) is -0.0759. The lowest BCUT2D eigenvalue weighted by Crippen LogP contribution is -2.40. The fraction of sp³-hybridized carbons (Fsp3) is 0.167. The van der Waals surface area contributed by atoms with Gasteiger partial charge in [-0.2, -0.15) is 0 Å². The molecule has 142 valence electrons. The van der Waals surface area contributed by atoms with Gasteiger partial charge in [0.25, 0.3) is 11.8 Å². The Morgan fingerprint density at radius 1 is 0.852 bits per heavy atom. The van der Waals surface area contributed by atoms with Gasteiger partial charge in [0, 0.05) is 29.7 Å². The lowest BCUT2D eigenvalue weighted by molar-refractivity contribution is -0.120. The van der Waals surface area contributed by atoms with Gasteiger partial charge in [0.15, 0.2) is 0 Å². The fourth-order valence-electron chi connectivity index (χ4n) is 2.07. The third-order valence-electron chi connectivity index (χ3n) is 3.42. The Morgan fingerprint density at radius 3 is 2.19 bits per heavy atom. The Morgan fingerprint density at radius 2 is 1.52 bits per heavy atom. The van der Waals surface area contributed by atoms with Crippen molar-refractivity contribution in [3.63, 3.8) is 0 Å². The van der Waals surface area contributed by atoms with Crippen LogP contribution >= 0.6 is 11.6 Å². The minimum Gasteiger partial charge on any atom is -0.353 e. The first-order chi connectivity index (χ1) is 12.9. The van der Waals surface area contributed by atoms with E-state index < -0.39 is 23.4 Å². The zero-order valence-corrected chi connectivity index (χ0v) is 14.8. The van der Waals surface area contributed by atoms with E-state index in [9.17, 15) is 23.2 Å². The van der Waals surface area contributed by atoms with E-state index in [4.69, 9.17) is 11.6 Å². The van der Waals surface area contributed by atoms with Crippen LogP contribution in [0.3, 0.4) is 0 Å². The Labute approximate surface area is 158 Å². The highest BCUT2D eigenvalue weighted by Gasteiger charge is 2.13. The van der Waals surface area contributed by atoms with E-state index in [1.54, 1.807) is 24.3 Å². The van der Waals surface area contributed by atoms with Gasteiger partial charge in [-0.1, -0.05) is 11.6 Å². The minimum absolute atomic E-state index is 0.138. The fourth-order valence-corrected chi connectivity index (χ4v) is 2.20. The predicted octanol–water partition coefficient (Wildman–Crippen LogP) is 1.89. The lowest BCUT2D eigenvalue weighted by atomic mass is 10.2. The third-order valence-corrected chi connectivity index (χ3v) is 3.68. The number of carbonyl (C=O) groups is 3. The molecule has 2 rings (SSSR count). The highest BCUT2D eigenvalue weighted by Crippen LogP contribution is 2.09. The molecule has 2 aromatic carbocycles. The van der Waals surface area contributed by atoms with Gasteiger partial charge in [-0.15, -0.1) is 0 Å². The molecule has 2 aromatic rings. The SMILES string of the molecule is O=C(CNC(=O)c1ccc(F)cc1F)NCCNC(=O)c1ccc(Cl)cc1. The van der Waals surface area contributed by atoms with Crippen molar-refractivity contribution >= 4 is 29.3 Å². The molecule has 0 heterocycles. The lowest BCUT2D eigenvalue weighted by Gasteiger charge is -2.09. The van der Waals surface area contributed by atoms with Crippen molar-refractivity contribution in [1.82, 2.24) is 16.0 Å². The van der Waals surface area contributed by atoms with Crippen molar-refractivity contribution < 1.29 is 23.2 Å². The van der Waals surface area contributed by atoms with Crippen molar-refractivity contribution in [2.24, 2.45) is 0 Å². The Hall–Kier alpha value is -3.00. The van der Waals surface area contributed by atoms with Crippen LogP contribution in [0.4, 0.5) is 8.78 Å². The second-order valence-corrected chi connectivity index (χ2v) is 5.86. The normalized spacial score (nSPS) is 10.2. The summed E-state index contributed by atoms with van der Waals surface area (Å²) in [5.41, 5.74) is 0.0683. The number of nitrogens with one attached hydrogen (secondary N) is 3. The van der Waals surface area contributed by atoms with Crippen LogP contribution < -0.4 is 16.0 Å². The number of amides is 3. The standard InChI is InChI=1S/C18H16ClF2N3O3/c19-12-3-1-11(2-4-12)17(26)23-8-7-22-16(25)10-24-18(27)14-6-5-13(20)9-15(14)21/h1-6,9H,7-8,10H2,(H,22,25)(H,23,26)(H,24,27). The number of rotatable bonds is 7. The quantitative estimate of drug-likeness (QED) is 0.626. The van der Waals surface area contributed by atoms with Gasteiger partial charge in [0.1, 0.15) is 11.6 Å². The molecule has 0 saturated heterocycles. The number of hydrogen-bond donors (Lipinski definition) is 3. The maximum Gasteiger partial charge on any atom is 0.254 e. The van der Waals surface area contributed by atoms with Crippen molar-refractivity contribution in [3.05, 3.63) is 70.2 Å². The number of benzene rings is 2. The molecule has 0 aliphatic rings. The van der Waals surface area contributed by atoms with E-state index in [1.807, 2.05) is 0 Å². The van der Waals surface area contributed by atoms with Crippen LogP contribution in [-0.4, -0.2) is 37.4 Å². The first-order valence-corrected chi connectivity index (χ1v) is 8.28. The van der Waals surface area contributed by atoms with E-state index in [0.29, 0.717) is 16.7 Å². The predicted molar refractivity (Wildman–Crippen MR) is 95.5 cm³/mol. The zero-order valence-electron chi connectivity index (χ0n) is 14.0. The van der Waals surface area contributed by atoms with E-state index in [2.05, 4.69) is 16.0 Å². The summed E-state index contributed by atoms with van der Waals surface area (Å²) in [4.78, 5) is 35.3. The van der Waals surface area contributed by atoms with E-state index >= 15 is 0 Å². The molecule has 0 radical (unpaired) electrons. The van der Waals surface area contributed by atoms with Crippen LogP contribution in [0.25, 0.3) is 0 Å². The molecule has 0 aliphatic heterocycles. The molecule has 3 amide bonds. The smallest absolute Gasteiger partial charge is 0.254 e. The third kappa shape index (κ3) is 6.34. The van der Waals surface area contributed by atoms with Crippen LogP contribution in [0.2, 0.25) is 5.02 Å². The summed E-state index contributed by atoms with van der Waals surface area (Å²) in [6, 6.07) is 8.83. The van der Waals surface area contributed by atoms with Crippen molar-refractivity contribution in [3.8, 4) is 0 Å². The summed E-state index contributed by atoms with van der Waals surface area (Å²) >= 11 is 5.74. The van der Waals surface area contributed by atoms with E-state index in [1.165, 1.54) is 0 Å². The molecule has 6 nitrogen and oxygen atoms in total. The molecular formula is C18H16ClF2N3O3. The van der Waals surface area contributed by atoms with Gasteiger partial charge in [0.05, 0.1) is 12.1 Å². The molecule has 9 heteroatoms. The Kier molecular flexibility index (Phi) is 7.25. The second kappa shape index (κ2) is 9.63. The summed E-state index contributed by atoms with van der Waals surface area (Å²) in [5, 5.41) is 7.84. The Balaban J connectivity index is 1.68. The molecule has 27 heavy (non-hydrogen) atoms. The molecule has 0 spiro atoms. The molecule has 0 aromatic heterocycles. The number of hydrogen-bond acceptors (Lipinski definition) is 3. The number of halogens is 3. The summed E-state index contributed by atoms with van der Waals surface area (Å²) in [5.74, 6) is -3.49. The monoisotopic (exact) mass is 395 g/mol. The van der Waals surface area contributed by atoms with Crippen molar-refractivity contribution in [2.75, 3.05) is 19.6 Å². The molecule has 0 aliphatic carbocycles. The van der Waals surface area contributed by atoms with Gasteiger partial charge < -0.3 is 16.0 Å². The van der Waals surface area contributed by atoms with E-state index in [0.717, 1.165) is 12.1 Å². The van der Waals surface area contributed by atoms with Gasteiger partial charge in [-0.3, -0.25) is 14.4 Å². The number of carbonyl (C=O) groups excluding carboxylic acids is 3. The molecule has 0 saturated carbocycles. The maximum atomic E-state index is 13.5. The summed E-state index contributed by atoms with van der Waals surface area (Å²) < 4.78 is 26.3. The average molecular weight is 396 g/mol. The van der Waals surface area contributed by atoms with Crippen LogP contribution in [0.5, 0.6) is 0 Å². The van der Waals surface area contributed by atoms with Crippen molar-refractivity contribution in [2.45, 2.75) is 0 Å². The highest BCUT2D eigenvalue weighted by atomic mass is 35.5. The molecule has 0 atom stereocenters. The second-order valence-electron chi connectivity index (χ2n) is 5.42. The molecule has 0 unspecified atom stereocenters. The van der Waals surface area contributed by atoms with Gasteiger partial charge >= 0.3 is 0 Å². The van der Waals surface area contributed by atoms with Gasteiger partial charge in [-0.05, 0) is 36.4 Å². The largest absolute Gasteiger partial charge is 0.353 e. The van der Waals surface area contributed by atoms with Crippen LogP contribution in [0, 0.1) is 11.6 Å². The van der Waals surface area contributed by atoms with Crippen molar-refractivity contribution in [1.29, 1.82) is 0 Å². The van der Waals surface area contributed by atoms with Crippen LogP contribution in [0.1, 0.15) is 20.7 Å². The average Bonchev–Trinajstić information content (AvgIpc) is 2.63. The van der Waals surface area contributed by atoms with Crippen LogP contribution in [-0.2, 0) is 4.79 Å². The summed E-state index contributed by atoms with van der Waals surface area (Å²) in [6.07, 6.45) is 0. The minimum atomic E-state index is -1.02. The topological polar surface area (TPSA) is 87.3 Å². The summed E-state index contributed by atoms with van der Waals surface area (Å²) in [7, 11) is 0. The first-order valence-electron chi connectivity index (χ1n) is 7.90. The molecule has 0 fully saturated rings. The highest BCUT2D eigenvalue weighted by molar-refractivity contribution is 6.30. The molecule has 0 bridgehead atoms. The maximum absolute atomic E-state index is 13.5. The zero-order chi connectivity index (χ0) is 19.8. The van der Waals surface area contributed by atoms with Gasteiger partial charge in [-0.25, -0.2) is 8.78 Å². The van der Waals surface area contributed by atoms with E-state index in [-0.39, 0.29) is 31.1 Å². The first kappa shape index (κ1) is 20.3. The van der Waals surface area contributed by atoms with Gasteiger partial charge in [0.2, 0.25) is 5.91 Å².